The van der Waals surface area contributed by atoms with E-state index in [2.05, 4.69) is 15.0 Å². The number of aromatic nitrogens is 2. The molecule has 2 heterocycles. The third kappa shape index (κ3) is 2.52. The summed E-state index contributed by atoms with van der Waals surface area (Å²) in [5.74, 6) is 1.20. The van der Waals surface area contributed by atoms with Gasteiger partial charge in [0.15, 0.2) is 0 Å². The molecule has 1 saturated heterocycles. The van der Waals surface area contributed by atoms with E-state index in [-0.39, 0.29) is 0 Å². The fraction of sp³-hybridized carbons (Fsp3) is 0.818. The molecule has 0 radical (unpaired) electrons. The van der Waals surface area contributed by atoms with E-state index < -0.39 is 5.54 Å². The second kappa shape index (κ2) is 4.41. The highest BCUT2D eigenvalue weighted by atomic mass is 16.5. The number of anilines is 1. The molecular formula is C11H20N4O. The van der Waals surface area contributed by atoms with Crippen LogP contribution in [0.5, 0.6) is 0 Å². The van der Waals surface area contributed by atoms with E-state index in [1.54, 1.807) is 0 Å². The minimum absolute atomic E-state index is 0.506. The van der Waals surface area contributed by atoms with E-state index in [1.807, 2.05) is 13.8 Å². The summed E-state index contributed by atoms with van der Waals surface area (Å²) in [6.07, 6.45) is 5.00. The minimum atomic E-state index is -0.558. The van der Waals surface area contributed by atoms with Crippen molar-refractivity contribution in [2.75, 3.05) is 18.0 Å². The maximum Gasteiger partial charge on any atom is 0.266 e. The van der Waals surface area contributed by atoms with Gasteiger partial charge in [-0.1, -0.05) is 12.8 Å². The monoisotopic (exact) mass is 224 g/mol. The zero-order chi connectivity index (χ0) is 11.6. The van der Waals surface area contributed by atoms with Gasteiger partial charge in [0.1, 0.15) is 0 Å². The van der Waals surface area contributed by atoms with E-state index in [0.717, 1.165) is 13.1 Å². The molecule has 0 atom stereocenters. The Bertz CT molecular complexity index is 334. The molecule has 1 aromatic rings. The molecule has 1 aliphatic heterocycles. The van der Waals surface area contributed by atoms with Crippen molar-refractivity contribution in [3.63, 3.8) is 0 Å². The van der Waals surface area contributed by atoms with Crippen LogP contribution in [0.3, 0.4) is 0 Å². The van der Waals surface area contributed by atoms with Crippen LogP contribution >= 0.6 is 0 Å². The van der Waals surface area contributed by atoms with Crippen LogP contribution < -0.4 is 10.6 Å². The smallest absolute Gasteiger partial charge is 0.266 e. The van der Waals surface area contributed by atoms with Gasteiger partial charge in [0.05, 0.1) is 5.54 Å². The Hall–Kier alpha value is -1.10. The Morgan fingerprint density at radius 2 is 1.81 bits per heavy atom. The quantitative estimate of drug-likeness (QED) is 0.827. The molecule has 1 aromatic heterocycles. The molecule has 0 bridgehead atoms. The highest BCUT2D eigenvalue weighted by molar-refractivity contribution is 5.28. The van der Waals surface area contributed by atoms with Crippen LogP contribution in [-0.4, -0.2) is 23.2 Å². The SMILES string of the molecule is CC(C)(N)c1nc(N2CCCCCC2)no1. The van der Waals surface area contributed by atoms with E-state index in [0.29, 0.717) is 11.8 Å². The predicted molar refractivity (Wildman–Crippen MR) is 62.2 cm³/mol. The van der Waals surface area contributed by atoms with Gasteiger partial charge in [0, 0.05) is 13.1 Å². The van der Waals surface area contributed by atoms with Crippen LogP contribution in [0, 0.1) is 0 Å². The molecule has 0 aliphatic carbocycles. The highest BCUT2D eigenvalue weighted by Gasteiger charge is 2.24. The van der Waals surface area contributed by atoms with E-state index >= 15 is 0 Å². The maximum atomic E-state index is 5.92. The lowest BCUT2D eigenvalue weighted by molar-refractivity contribution is 0.312. The molecule has 0 aromatic carbocycles. The average Bonchev–Trinajstić information content (AvgIpc) is 2.55. The summed E-state index contributed by atoms with van der Waals surface area (Å²) in [6.45, 7) is 5.77. The first-order chi connectivity index (χ1) is 7.57. The molecule has 2 N–H and O–H groups in total. The van der Waals surface area contributed by atoms with Crippen molar-refractivity contribution >= 4 is 5.95 Å². The van der Waals surface area contributed by atoms with E-state index in [9.17, 15) is 0 Å². The summed E-state index contributed by atoms with van der Waals surface area (Å²) in [5.41, 5.74) is 5.36. The van der Waals surface area contributed by atoms with Gasteiger partial charge in [-0.05, 0) is 31.8 Å². The van der Waals surface area contributed by atoms with Gasteiger partial charge in [-0.15, -0.1) is 0 Å². The summed E-state index contributed by atoms with van der Waals surface area (Å²) in [6, 6.07) is 0. The van der Waals surface area contributed by atoms with Crippen molar-refractivity contribution in [1.82, 2.24) is 10.1 Å². The van der Waals surface area contributed by atoms with Gasteiger partial charge in [0.25, 0.3) is 5.95 Å². The predicted octanol–water partition coefficient (Wildman–Crippen LogP) is 1.64. The molecule has 0 spiro atoms. The lowest BCUT2D eigenvalue weighted by Gasteiger charge is -2.17. The summed E-state index contributed by atoms with van der Waals surface area (Å²) in [7, 11) is 0. The van der Waals surface area contributed by atoms with Gasteiger partial charge >= 0.3 is 0 Å². The summed E-state index contributed by atoms with van der Waals surface area (Å²) < 4.78 is 5.20. The summed E-state index contributed by atoms with van der Waals surface area (Å²) in [4.78, 5) is 6.56. The van der Waals surface area contributed by atoms with Crippen molar-refractivity contribution in [3.8, 4) is 0 Å². The molecule has 0 unspecified atom stereocenters. The first-order valence-corrected chi connectivity index (χ1v) is 5.95. The fourth-order valence-electron chi connectivity index (χ4n) is 1.88. The number of rotatable bonds is 2. The Kier molecular flexibility index (Phi) is 3.14. The standard InChI is InChI=1S/C11H20N4O/c1-11(2,12)9-13-10(14-16-9)15-7-5-3-4-6-8-15/h3-8,12H2,1-2H3. The van der Waals surface area contributed by atoms with E-state index in [1.165, 1.54) is 25.7 Å². The first kappa shape index (κ1) is 11.4. The second-order valence-electron chi connectivity index (χ2n) is 5.02. The Morgan fingerprint density at radius 1 is 1.19 bits per heavy atom. The average molecular weight is 224 g/mol. The van der Waals surface area contributed by atoms with Crippen LogP contribution in [0.4, 0.5) is 5.95 Å². The molecule has 90 valence electrons. The van der Waals surface area contributed by atoms with Gasteiger partial charge < -0.3 is 15.2 Å². The highest BCUT2D eigenvalue weighted by Crippen LogP contribution is 2.20. The molecule has 1 aliphatic rings. The van der Waals surface area contributed by atoms with E-state index in [4.69, 9.17) is 10.3 Å². The van der Waals surface area contributed by atoms with Gasteiger partial charge in [0.2, 0.25) is 5.89 Å². The van der Waals surface area contributed by atoms with Crippen LogP contribution in [0.2, 0.25) is 0 Å². The molecule has 16 heavy (non-hydrogen) atoms. The Labute approximate surface area is 96.0 Å². The molecule has 5 heteroatoms. The Balaban J connectivity index is 2.11. The Morgan fingerprint density at radius 3 is 2.31 bits per heavy atom. The first-order valence-electron chi connectivity index (χ1n) is 5.95. The molecule has 0 amide bonds. The third-order valence-electron chi connectivity index (χ3n) is 2.86. The zero-order valence-corrected chi connectivity index (χ0v) is 10.1. The van der Waals surface area contributed by atoms with Crippen LogP contribution in [0.25, 0.3) is 0 Å². The summed E-state index contributed by atoms with van der Waals surface area (Å²) in [5, 5.41) is 4.01. The van der Waals surface area contributed by atoms with Crippen LogP contribution in [0.1, 0.15) is 45.4 Å². The van der Waals surface area contributed by atoms with Gasteiger partial charge in [-0.2, -0.15) is 4.98 Å². The topological polar surface area (TPSA) is 68.2 Å². The molecule has 1 fully saturated rings. The number of hydrogen-bond donors (Lipinski definition) is 1. The fourth-order valence-corrected chi connectivity index (χ4v) is 1.88. The van der Waals surface area contributed by atoms with Crippen molar-refractivity contribution in [1.29, 1.82) is 0 Å². The van der Waals surface area contributed by atoms with Crippen molar-refractivity contribution in [2.45, 2.75) is 45.1 Å². The molecule has 0 saturated carbocycles. The number of nitrogens with two attached hydrogens (primary N) is 1. The lowest BCUT2D eigenvalue weighted by Crippen LogP contribution is -2.29. The molecular weight excluding hydrogens is 204 g/mol. The van der Waals surface area contributed by atoms with Gasteiger partial charge in [-0.3, -0.25) is 0 Å². The molecule has 5 nitrogen and oxygen atoms in total. The largest absolute Gasteiger partial charge is 0.338 e. The minimum Gasteiger partial charge on any atom is -0.338 e. The zero-order valence-electron chi connectivity index (χ0n) is 10.1. The number of nitrogens with zero attached hydrogens (tertiary/aromatic N) is 3. The van der Waals surface area contributed by atoms with Crippen molar-refractivity contribution in [3.05, 3.63) is 5.89 Å². The maximum absolute atomic E-state index is 5.92. The third-order valence-corrected chi connectivity index (χ3v) is 2.86. The van der Waals surface area contributed by atoms with Crippen molar-refractivity contribution < 1.29 is 4.52 Å². The normalized spacial score (nSPS) is 18.6. The number of hydrogen-bond acceptors (Lipinski definition) is 5. The van der Waals surface area contributed by atoms with Gasteiger partial charge in [-0.25, -0.2) is 0 Å². The molecule has 2 rings (SSSR count). The lowest BCUT2D eigenvalue weighted by atomic mass is 10.1. The van der Waals surface area contributed by atoms with Crippen LogP contribution in [0.15, 0.2) is 4.52 Å². The van der Waals surface area contributed by atoms with Crippen molar-refractivity contribution in [2.24, 2.45) is 5.73 Å². The van der Waals surface area contributed by atoms with Crippen LogP contribution in [-0.2, 0) is 5.54 Å². The second-order valence-corrected chi connectivity index (χ2v) is 5.02. The summed E-state index contributed by atoms with van der Waals surface area (Å²) >= 11 is 0.